The lowest BCUT2D eigenvalue weighted by Crippen LogP contribution is -2.50. The van der Waals surface area contributed by atoms with Crippen LogP contribution in [0.3, 0.4) is 0 Å². The molecule has 2 unspecified atom stereocenters. The molecule has 1 heterocycles. The second-order valence-corrected chi connectivity index (χ2v) is 5.63. The molecule has 18 heavy (non-hydrogen) atoms. The summed E-state index contributed by atoms with van der Waals surface area (Å²) in [6.45, 7) is 1.22. The highest BCUT2D eigenvalue weighted by atomic mass is 16.5. The van der Waals surface area contributed by atoms with Crippen molar-refractivity contribution in [3.63, 3.8) is 0 Å². The molecule has 0 radical (unpaired) electrons. The van der Waals surface area contributed by atoms with Crippen LogP contribution in [0.2, 0.25) is 0 Å². The Hall–Kier alpha value is -1.10. The van der Waals surface area contributed by atoms with Crippen molar-refractivity contribution in [2.75, 3.05) is 13.2 Å². The van der Waals surface area contributed by atoms with Crippen LogP contribution in [-0.4, -0.2) is 40.8 Å². The molecule has 0 aromatic carbocycles. The lowest BCUT2D eigenvalue weighted by atomic mass is 9.90. The number of nitrogens with zero attached hydrogens (tertiary/aromatic N) is 1. The molecule has 0 aromatic heterocycles. The SMILES string of the molecule is O=C(O)C1CC1C(=O)N1CCOC12CCCCC2. The fourth-order valence-corrected chi connectivity index (χ4v) is 3.38. The topological polar surface area (TPSA) is 66.8 Å². The van der Waals surface area contributed by atoms with Gasteiger partial charge in [-0.2, -0.15) is 0 Å². The number of amides is 1. The Labute approximate surface area is 106 Å². The van der Waals surface area contributed by atoms with Crippen molar-refractivity contribution in [3.8, 4) is 0 Å². The molecule has 5 heteroatoms. The van der Waals surface area contributed by atoms with Crippen LogP contribution in [0, 0.1) is 11.8 Å². The molecular formula is C13H19NO4. The minimum atomic E-state index is -0.842. The highest BCUT2D eigenvalue weighted by Crippen LogP contribution is 2.45. The number of carbonyl (C=O) groups excluding carboxylic acids is 1. The summed E-state index contributed by atoms with van der Waals surface area (Å²) in [6.07, 6.45) is 5.70. The molecule has 1 saturated heterocycles. The summed E-state index contributed by atoms with van der Waals surface area (Å²) in [5.41, 5.74) is -0.402. The molecule has 100 valence electrons. The van der Waals surface area contributed by atoms with E-state index in [1.165, 1.54) is 6.42 Å². The van der Waals surface area contributed by atoms with Gasteiger partial charge in [0.2, 0.25) is 5.91 Å². The lowest BCUT2D eigenvalue weighted by molar-refractivity contribution is -0.158. The molecular weight excluding hydrogens is 234 g/mol. The van der Waals surface area contributed by atoms with E-state index in [9.17, 15) is 9.59 Å². The zero-order chi connectivity index (χ0) is 12.8. The quantitative estimate of drug-likeness (QED) is 0.803. The van der Waals surface area contributed by atoms with Gasteiger partial charge in [0.1, 0.15) is 5.72 Å². The highest BCUT2D eigenvalue weighted by Gasteiger charge is 2.54. The van der Waals surface area contributed by atoms with Gasteiger partial charge in [-0.3, -0.25) is 9.59 Å². The van der Waals surface area contributed by atoms with Crippen LogP contribution in [0.4, 0.5) is 0 Å². The van der Waals surface area contributed by atoms with Crippen molar-refractivity contribution < 1.29 is 19.4 Å². The fraction of sp³-hybridized carbons (Fsp3) is 0.846. The number of carbonyl (C=O) groups is 2. The summed E-state index contributed by atoms with van der Waals surface area (Å²) >= 11 is 0. The molecule has 1 aliphatic heterocycles. The van der Waals surface area contributed by atoms with Crippen LogP contribution in [0.5, 0.6) is 0 Å². The molecule has 2 atom stereocenters. The maximum Gasteiger partial charge on any atom is 0.307 e. The van der Waals surface area contributed by atoms with Gasteiger partial charge in [-0.15, -0.1) is 0 Å². The van der Waals surface area contributed by atoms with E-state index in [4.69, 9.17) is 9.84 Å². The van der Waals surface area contributed by atoms with Gasteiger partial charge in [-0.25, -0.2) is 0 Å². The first-order valence-electron chi connectivity index (χ1n) is 6.82. The molecule has 1 spiro atoms. The van der Waals surface area contributed by atoms with Crippen LogP contribution in [0.15, 0.2) is 0 Å². The van der Waals surface area contributed by atoms with Gasteiger partial charge < -0.3 is 14.7 Å². The summed E-state index contributed by atoms with van der Waals surface area (Å²) in [5, 5.41) is 8.92. The van der Waals surface area contributed by atoms with E-state index < -0.39 is 17.6 Å². The Morgan fingerprint density at radius 3 is 2.50 bits per heavy atom. The van der Waals surface area contributed by atoms with Gasteiger partial charge in [0.05, 0.1) is 18.4 Å². The highest BCUT2D eigenvalue weighted by molar-refractivity contribution is 5.90. The molecule has 5 nitrogen and oxygen atoms in total. The van der Waals surface area contributed by atoms with Crippen molar-refractivity contribution in [2.24, 2.45) is 11.8 Å². The Kier molecular flexibility index (Phi) is 2.81. The minimum Gasteiger partial charge on any atom is -0.481 e. The number of aliphatic carboxylic acids is 1. The van der Waals surface area contributed by atoms with Crippen LogP contribution >= 0.6 is 0 Å². The van der Waals surface area contributed by atoms with Gasteiger partial charge in [-0.05, 0) is 32.1 Å². The standard InChI is InChI=1S/C13H19NO4/c15-11(9-8-10(9)12(16)17)14-6-7-18-13(14)4-2-1-3-5-13/h9-10H,1-8H2,(H,16,17). The summed E-state index contributed by atoms with van der Waals surface area (Å²) in [5.74, 6) is -1.60. The third kappa shape index (κ3) is 1.81. The molecule has 2 saturated carbocycles. The number of carboxylic acids is 1. The summed E-state index contributed by atoms with van der Waals surface area (Å²) in [7, 11) is 0. The Morgan fingerprint density at radius 2 is 1.89 bits per heavy atom. The van der Waals surface area contributed by atoms with Gasteiger partial charge in [-0.1, -0.05) is 6.42 Å². The third-order valence-corrected chi connectivity index (χ3v) is 4.50. The summed E-state index contributed by atoms with van der Waals surface area (Å²) in [6, 6.07) is 0. The normalized spacial score (nSPS) is 33.7. The number of hydrogen-bond acceptors (Lipinski definition) is 3. The Morgan fingerprint density at radius 1 is 1.17 bits per heavy atom. The second-order valence-electron chi connectivity index (χ2n) is 5.63. The van der Waals surface area contributed by atoms with E-state index in [0.717, 1.165) is 25.7 Å². The van der Waals surface area contributed by atoms with Gasteiger partial charge in [0, 0.05) is 6.54 Å². The molecule has 3 aliphatic rings. The lowest BCUT2D eigenvalue weighted by Gasteiger charge is -2.40. The largest absolute Gasteiger partial charge is 0.481 e. The average Bonchev–Trinajstić information content (AvgIpc) is 3.08. The van der Waals surface area contributed by atoms with Crippen molar-refractivity contribution in [3.05, 3.63) is 0 Å². The fourth-order valence-electron chi connectivity index (χ4n) is 3.38. The first-order chi connectivity index (χ1) is 8.64. The minimum absolute atomic E-state index is 0.00167. The maximum absolute atomic E-state index is 12.4. The third-order valence-electron chi connectivity index (χ3n) is 4.50. The number of ether oxygens (including phenoxy) is 1. The van der Waals surface area contributed by atoms with Gasteiger partial charge >= 0.3 is 5.97 Å². The van der Waals surface area contributed by atoms with Crippen LogP contribution in [-0.2, 0) is 14.3 Å². The van der Waals surface area contributed by atoms with Crippen molar-refractivity contribution >= 4 is 11.9 Å². The molecule has 2 aliphatic carbocycles. The second kappa shape index (κ2) is 4.23. The van der Waals surface area contributed by atoms with Crippen LogP contribution < -0.4 is 0 Å². The number of carboxylic acid groups (broad SMARTS) is 1. The molecule has 1 N–H and O–H groups in total. The molecule has 0 bridgehead atoms. The van der Waals surface area contributed by atoms with Crippen LogP contribution in [0.25, 0.3) is 0 Å². The predicted molar refractivity (Wildman–Crippen MR) is 62.7 cm³/mol. The Balaban J connectivity index is 1.71. The van der Waals surface area contributed by atoms with Crippen LogP contribution in [0.1, 0.15) is 38.5 Å². The van der Waals surface area contributed by atoms with E-state index in [2.05, 4.69) is 0 Å². The molecule has 3 fully saturated rings. The van der Waals surface area contributed by atoms with E-state index in [-0.39, 0.29) is 11.8 Å². The van der Waals surface area contributed by atoms with E-state index in [1.54, 1.807) is 0 Å². The maximum atomic E-state index is 12.4. The van der Waals surface area contributed by atoms with E-state index in [1.807, 2.05) is 4.90 Å². The molecule has 1 amide bonds. The predicted octanol–water partition coefficient (Wildman–Crippen LogP) is 1.23. The van der Waals surface area contributed by atoms with Crippen molar-refractivity contribution in [1.29, 1.82) is 0 Å². The van der Waals surface area contributed by atoms with E-state index in [0.29, 0.717) is 19.6 Å². The molecule has 3 rings (SSSR count). The zero-order valence-corrected chi connectivity index (χ0v) is 10.4. The van der Waals surface area contributed by atoms with Crippen molar-refractivity contribution in [2.45, 2.75) is 44.2 Å². The average molecular weight is 253 g/mol. The monoisotopic (exact) mass is 253 g/mol. The number of hydrogen-bond donors (Lipinski definition) is 1. The van der Waals surface area contributed by atoms with Crippen molar-refractivity contribution in [1.82, 2.24) is 4.90 Å². The zero-order valence-electron chi connectivity index (χ0n) is 10.4. The van der Waals surface area contributed by atoms with Gasteiger partial charge in [0.15, 0.2) is 0 Å². The summed E-state index contributed by atoms with van der Waals surface area (Å²) < 4.78 is 5.85. The first kappa shape index (κ1) is 12.0. The first-order valence-corrected chi connectivity index (χ1v) is 6.82. The Bertz CT molecular complexity index is 375. The molecule has 0 aromatic rings. The number of rotatable bonds is 2. The summed E-state index contributed by atoms with van der Waals surface area (Å²) in [4.78, 5) is 25.1. The smallest absolute Gasteiger partial charge is 0.307 e. The van der Waals surface area contributed by atoms with E-state index >= 15 is 0 Å². The van der Waals surface area contributed by atoms with Gasteiger partial charge in [0.25, 0.3) is 0 Å².